The van der Waals surface area contributed by atoms with E-state index in [0.29, 0.717) is 37.4 Å². The van der Waals surface area contributed by atoms with Crippen LogP contribution in [-0.2, 0) is 33.7 Å². The van der Waals surface area contributed by atoms with Crippen LogP contribution in [0.2, 0.25) is 5.02 Å². The molecule has 6 heteroatoms. The highest BCUT2D eigenvalue weighted by Gasteiger charge is 2.31. The van der Waals surface area contributed by atoms with E-state index < -0.39 is 6.04 Å². The molecule has 3 aromatic rings. The minimum atomic E-state index is -0.646. The quantitative estimate of drug-likeness (QED) is 0.390. The van der Waals surface area contributed by atoms with Crippen molar-refractivity contribution in [2.75, 3.05) is 13.2 Å². The van der Waals surface area contributed by atoms with Crippen LogP contribution in [0.1, 0.15) is 36.0 Å². The number of nitrogens with zero attached hydrogens (tertiary/aromatic N) is 1. The molecule has 0 saturated carbocycles. The van der Waals surface area contributed by atoms with Crippen molar-refractivity contribution in [3.8, 4) is 0 Å². The van der Waals surface area contributed by atoms with Gasteiger partial charge in [0, 0.05) is 37.6 Å². The molecule has 1 aliphatic rings. The molecule has 4 rings (SSSR count). The average molecular weight is 505 g/mol. The molecule has 3 aromatic carbocycles. The third-order valence-corrected chi connectivity index (χ3v) is 6.79. The first-order valence-corrected chi connectivity index (χ1v) is 13.0. The number of aryl methyl sites for hydroxylation is 1. The molecule has 5 nitrogen and oxygen atoms in total. The van der Waals surface area contributed by atoms with E-state index in [2.05, 4.69) is 5.32 Å². The number of rotatable bonds is 11. The Morgan fingerprint density at radius 3 is 2.22 bits per heavy atom. The van der Waals surface area contributed by atoms with Crippen LogP contribution in [0.5, 0.6) is 0 Å². The van der Waals surface area contributed by atoms with E-state index in [1.165, 1.54) is 0 Å². The SMILES string of the molecule is O=C(NC[C@H]1CCCO1)[C@@H](Cc1ccccc1)N(Cc1ccc(Cl)cc1)C(=O)CCc1ccccc1. The largest absolute Gasteiger partial charge is 0.376 e. The van der Waals surface area contributed by atoms with Gasteiger partial charge in [0.15, 0.2) is 0 Å². The number of hydrogen-bond donors (Lipinski definition) is 1. The number of carbonyl (C=O) groups excluding carboxylic acids is 2. The van der Waals surface area contributed by atoms with Crippen LogP contribution in [0.15, 0.2) is 84.9 Å². The first-order chi connectivity index (χ1) is 17.6. The predicted octanol–water partition coefficient (Wildman–Crippen LogP) is 5.21. The number of hydrogen-bond acceptors (Lipinski definition) is 3. The van der Waals surface area contributed by atoms with Crippen molar-refractivity contribution in [3.63, 3.8) is 0 Å². The first-order valence-electron chi connectivity index (χ1n) is 12.6. The second-order valence-corrected chi connectivity index (χ2v) is 9.66. The van der Waals surface area contributed by atoms with Gasteiger partial charge < -0.3 is 15.0 Å². The van der Waals surface area contributed by atoms with E-state index in [4.69, 9.17) is 16.3 Å². The van der Waals surface area contributed by atoms with Crippen molar-refractivity contribution in [1.82, 2.24) is 10.2 Å². The Balaban J connectivity index is 1.57. The van der Waals surface area contributed by atoms with Gasteiger partial charge in [-0.2, -0.15) is 0 Å². The summed E-state index contributed by atoms with van der Waals surface area (Å²) in [5.41, 5.74) is 3.03. The van der Waals surface area contributed by atoms with Gasteiger partial charge in [0.2, 0.25) is 11.8 Å². The van der Waals surface area contributed by atoms with E-state index in [1.807, 2.05) is 84.9 Å². The maximum Gasteiger partial charge on any atom is 0.243 e. The lowest BCUT2D eigenvalue weighted by Crippen LogP contribution is -2.51. The van der Waals surface area contributed by atoms with Crippen molar-refractivity contribution in [2.24, 2.45) is 0 Å². The van der Waals surface area contributed by atoms with Gasteiger partial charge in [-0.1, -0.05) is 84.4 Å². The molecule has 2 atom stereocenters. The summed E-state index contributed by atoms with van der Waals surface area (Å²) >= 11 is 6.10. The summed E-state index contributed by atoms with van der Waals surface area (Å²) in [6, 6.07) is 26.6. The lowest BCUT2D eigenvalue weighted by atomic mass is 10.0. The highest BCUT2D eigenvalue weighted by Crippen LogP contribution is 2.19. The van der Waals surface area contributed by atoms with E-state index in [-0.39, 0.29) is 17.9 Å². The molecule has 0 aromatic heterocycles. The molecule has 1 heterocycles. The molecule has 1 aliphatic heterocycles. The predicted molar refractivity (Wildman–Crippen MR) is 143 cm³/mol. The van der Waals surface area contributed by atoms with E-state index >= 15 is 0 Å². The maximum absolute atomic E-state index is 13.7. The van der Waals surface area contributed by atoms with Gasteiger partial charge in [-0.3, -0.25) is 9.59 Å². The Labute approximate surface area is 218 Å². The van der Waals surface area contributed by atoms with Gasteiger partial charge in [0.25, 0.3) is 0 Å². The monoisotopic (exact) mass is 504 g/mol. The second kappa shape index (κ2) is 13.2. The molecule has 0 spiro atoms. The van der Waals surface area contributed by atoms with Crippen LogP contribution in [0, 0.1) is 0 Å². The molecule has 0 bridgehead atoms. The summed E-state index contributed by atoms with van der Waals surface area (Å²) in [5, 5.41) is 3.71. The first kappa shape index (κ1) is 25.9. The summed E-state index contributed by atoms with van der Waals surface area (Å²) in [5.74, 6) is -0.210. The van der Waals surface area contributed by atoms with Gasteiger partial charge in [-0.15, -0.1) is 0 Å². The molecule has 0 radical (unpaired) electrons. The number of halogens is 1. The maximum atomic E-state index is 13.7. The zero-order chi connectivity index (χ0) is 25.2. The van der Waals surface area contributed by atoms with Gasteiger partial charge in [-0.25, -0.2) is 0 Å². The number of nitrogens with one attached hydrogen (secondary N) is 1. The molecular weight excluding hydrogens is 472 g/mol. The lowest BCUT2D eigenvalue weighted by molar-refractivity contribution is -0.141. The smallest absolute Gasteiger partial charge is 0.243 e. The Morgan fingerprint density at radius 2 is 1.58 bits per heavy atom. The fourth-order valence-electron chi connectivity index (χ4n) is 4.52. The lowest BCUT2D eigenvalue weighted by Gasteiger charge is -2.32. The third kappa shape index (κ3) is 7.67. The van der Waals surface area contributed by atoms with Gasteiger partial charge >= 0.3 is 0 Å². The minimum Gasteiger partial charge on any atom is -0.376 e. The molecule has 0 unspecified atom stereocenters. The molecule has 36 heavy (non-hydrogen) atoms. The van der Waals surface area contributed by atoms with E-state index in [9.17, 15) is 9.59 Å². The summed E-state index contributed by atoms with van der Waals surface area (Å²) in [4.78, 5) is 29.0. The number of amides is 2. The van der Waals surface area contributed by atoms with Crippen LogP contribution < -0.4 is 5.32 Å². The van der Waals surface area contributed by atoms with Crippen LogP contribution >= 0.6 is 11.6 Å². The average Bonchev–Trinajstić information content (AvgIpc) is 3.44. The standard InChI is InChI=1S/C30H33ClN2O3/c31-26-16-13-25(14-17-26)22-33(29(34)18-15-23-8-3-1-4-9-23)28(20-24-10-5-2-6-11-24)30(35)32-21-27-12-7-19-36-27/h1-6,8-11,13-14,16-17,27-28H,7,12,15,18-22H2,(H,32,35)/t27-,28-/m1/s1. The Kier molecular flexibility index (Phi) is 9.54. The fourth-order valence-corrected chi connectivity index (χ4v) is 4.64. The Bertz CT molecular complexity index is 1100. The Hall–Kier alpha value is -3.15. The topological polar surface area (TPSA) is 58.6 Å². The number of benzene rings is 3. The molecule has 0 aliphatic carbocycles. The van der Waals surface area contributed by atoms with Crippen LogP contribution in [0.25, 0.3) is 0 Å². The highest BCUT2D eigenvalue weighted by molar-refractivity contribution is 6.30. The minimum absolute atomic E-state index is 0.0322. The fraction of sp³-hybridized carbons (Fsp3) is 0.333. The molecule has 1 fully saturated rings. The molecule has 1 saturated heterocycles. The van der Waals surface area contributed by atoms with Crippen LogP contribution in [-0.4, -0.2) is 42.0 Å². The summed E-state index contributed by atoms with van der Waals surface area (Å²) in [7, 11) is 0. The zero-order valence-electron chi connectivity index (χ0n) is 20.4. The molecular formula is C30H33ClN2O3. The van der Waals surface area contributed by atoms with Gasteiger partial charge in [0.05, 0.1) is 6.10 Å². The number of carbonyl (C=O) groups is 2. The normalized spacial score (nSPS) is 15.9. The molecule has 2 amide bonds. The van der Waals surface area contributed by atoms with E-state index in [1.54, 1.807) is 4.90 Å². The second-order valence-electron chi connectivity index (χ2n) is 9.22. The van der Waals surface area contributed by atoms with Crippen molar-refractivity contribution in [2.45, 2.75) is 50.8 Å². The third-order valence-electron chi connectivity index (χ3n) is 6.54. The van der Waals surface area contributed by atoms with Crippen molar-refractivity contribution < 1.29 is 14.3 Å². The van der Waals surface area contributed by atoms with Gasteiger partial charge in [-0.05, 0) is 48.1 Å². The van der Waals surface area contributed by atoms with Crippen molar-refractivity contribution in [3.05, 3.63) is 107 Å². The van der Waals surface area contributed by atoms with Crippen molar-refractivity contribution in [1.29, 1.82) is 0 Å². The summed E-state index contributed by atoms with van der Waals surface area (Å²) in [6.07, 6.45) is 3.35. The van der Waals surface area contributed by atoms with Gasteiger partial charge in [0.1, 0.15) is 6.04 Å². The van der Waals surface area contributed by atoms with Crippen LogP contribution in [0.4, 0.5) is 0 Å². The van der Waals surface area contributed by atoms with E-state index in [0.717, 1.165) is 36.1 Å². The van der Waals surface area contributed by atoms with Crippen LogP contribution in [0.3, 0.4) is 0 Å². The van der Waals surface area contributed by atoms with Crippen molar-refractivity contribution >= 4 is 23.4 Å². The highest BCUT2D eigenvalue weighted by atomic mass is 35.5. The summed E-state index contributed by atoms with van der Waals surface area (Å²) in [6.45, 7) is 1.52. The summed E-state index contributed by atoms with van der Waals surface area (Å²) < 4.78 is 5.70. The number of ether oxygens (including phenoxy) is 1. The Morgan fingerprint density at radius 1 is 0.917 bits per heavy atom. The molecule has 188 valence electrons. The zero-order valence-corrected chi connectivity index (χ0v) is 21.2. The molecule has 1 N–H and O–H groups in total.